The molecule has 0 bridgehead atoms. The summed E-state index contributed by atoms with van der Waals surface area (Å²) in [5, 5.41) is 10.0. The summed E-state index contributed by atoms with van der Waals surface area (Å²) in [6.07, 6.45) is -5.88. The lowest BCUT2D eigenvalue weighted by Crippen LogP contribution is -2.63. The molecule has 30 heavy (non-hydrogen) atoms. The first kappa shape index (κ1) is 24.2. The fraction of sp³-hybridized carbons (Fsp3) is 1.00. The number of aliphatic hydroxyl groups excluding tert-OH is 1. The molecule has 2 heterocycles. The van der Waals surface area contributed by atoms with Gasteiger partial charge in [-0.1, -0.05) is 0 Å². The molecule has 2 fully saturated rings. The molecule has 2 aliphatic rings. The van der Waals surface area contributed by atoms with Crippen molar-refractivity contribution in [3.8, 4) is 0 Å². The third-order valence-corrected chi connectivity index (χ3v) is 5.96. The fourth-order valence-corrected chi connectivity index (χ4v) is 4.58. The summed E-state index contributed by atoms with van der Waals surface area (Å²) >= 11 is 0. The van der Waals surface area contributed by atoms with Crippen molar-refractivity contribution in [1.82, 2.24) is 0 Å². The highest BCUT2D eigenvalue weighted by atomic mass is 16.7. The van der Waals surface area contributed by atoms with Gasteiger partial charge in [0.1, 0.15) is 30.5 Å². The second kappa shape index (κ2) is 12.6. The maximum atomic E-state index is 10.0. The Morgan fingerprint density at radius 1 is 0.700 bits per heavy atom. The third-order valence-electron chi connectivity index (χ3n) is 5.96. The first-order chi connectivity index (χ1) is 14.9. The van der Waals surface area contributed by atoms with E-state index in [4.69, 9.17) is 44.0 Å². The average Bonchev–Trinajstić information content (AvgIpc) is 2.77. The normalized spacial score (nSPS) is 45.3. The van der Waals surface area contributed by atoms with E-state index in [0.29, 0.717) is 6.42 Å². The maximum Gasteiger partial charge on any atom is 0.186 e. The average molecular weight is 440 g/mol. The van der Waals surface area contributed by atoms with Gasteiger partial charge in [-0.3, -0.25) is 0 Å². The minimum absolute atomic E-state index is 0.0248. The van der Waals surface area contributed by atoms with Crippen molar-refractivity contribution in [2.75, 3.05) is 63.0 Å². The highest BCUT2D eigenvalue weighted by molar-refractivity contribution is 4.99. The minimum Gasteiger partial charge on any atom is -0.394 e. The molecule has 2 saturated heterocycles. The van der Waals surface area contributed by atoms with Crippen LogP contribution in [0.4, 0.5) is 0 Å². The van der Waals surface area contributed by atoms with Crippen molar-refractivity contribution >= 4 is 0 Å². The molecule has 10 atom stereocenters. The van der Waals surface area contributed by atoms with Gasteiger partial charge in [-0.25, -0.2) is 0 Å². The van der Waals surface area contributed by atoms with Crippen LogP contribution >= 0.6 is 0 Å². The summed E-state index contributed by atoms with van der Waals surface area (Å²) in [6.45, 7) is -0.271. The monoisotopic (exact) mass is 439 g/mol. The van der Waals surface area contributed by atoms with Gasteiger partial charge in [0.15, 0.2) is 6.29 Å². The molecule has 1 N–H and O–H groups in total. The van der Waals surface area contributed by atoms with E-state index in [9.17, 15) is 5.11 Å². The number of methoxy groups -OCH3 is 7. The lowest BCUT2D eigenvalue weighted by Gasteiger charge is -2.49. The standard InChI is InChI=1S/C20H38O10/c1-22-10-14-17(25-4)18(26-5)16(24-3)12(29-14)8-11-13(9-21)30-20(28-7)19(27-6)15(11)23-2/h11-21H,8-10H2,1-7H3/t11-,12-,13-,14+,15+,16-,17-,18-,19-,20+/m1/s1/i14D. The Balaban J connectivity index is 2.37. The van der Waals surface area contributed by atoms with Crippen molar-refractivity contribution in [3.63, 3.8) is 0 Å². The number of hydrogen-bond acceptors (Lipinski definition) is 10. The Hall–Kier alpha value is -0.400. The number of hydrogen-bond donors (Lipinski definition) is 1. The molecule has 178 valence electrons. The van der Waals surface area contributed by atoms with Crippen LogP contribution in [0, 0.1) is 5.92 Å². The molecule has 0 aromatic carbocycles. The minimum atomic E-state index is -1.52. The van der Waals surface area contributed by atoms with Gasteiger partial charge >= 0.3 is 0 Å². The van der Waals surface area contributed by atoms with Crippen LogP contribution in [0.5, 0.6) is 0 Å². The zero-order valence-corrected chi connectivity index (χ0v) is 18.9. The maximum absolute atomic E-state index is 10.0. The van der Waals surface area contributed by atoms with Gasteiger partial charge in [-0.2, -0.15) is 0 Å². The topological polar surface area (TPSA) is 103 Å². The zero-order valence-electron chi connectivity index (χ0n) is 19.9. The molecule has 0 unspecified atom stereocenters. The van der Waals surface area contributed by atoms with Crippen molar-refractivity contribution in [2.24, 2.45) is 5.92 Å². The van der Waals surface area contributed by atoms with Crippen molar-refractivity contribution in [1.29, 1.82) is 0 Å². The lowest BCUT2D eigenvalue weighted by molar-refractivity contribution is -0.302. The van der Waals surface area contributed by atoms with Crippen LogP contribution in [0.2, 0.25) is 0 Å². The van der Waals surface area contributed by atoms with Crippen LogP contribution in [-0.2, 0) is 42.6 Å². The molecule has 2 rings (SSSR count). The summed E-state index contributed by atoms with van der Waals surface area (Å²) in [4.78, 5) is 0. The van der Waals surface area contributed by atoms with Crippen LogP contribution in [-0.4, -0.2) is 123 Å². The molecule has 0 radical (unpaired) electrons. The van der Waals surface area contributed by atoms with Crippen molar-refractivity contribution < 1.29 is 49.1 Å². The molecular formula is C20H38O10. The van der Waals surface area contributed by atoms with Crippen molar-refractivity contribution in [2.45, 2.75) is 61.5 Å². The van der Waals surface area contributed by atoms with E-state index in [0.717, 1.165) is 0 Å². The van der Waals surface area contributed by atoms with Crippen LogP contribution in [0.1, 0.15) is 7.79 Å². The highest BCUT2D eigenvalue weighted by Crippen LogP contribution is 2.37. The highest BCUT2D eigenvalue weighted by Gasteiger charge is 2.52. The third kappa shape index (κ3) is 5.32. The Labute approximate surface area is 180 Å². The van der Waals surface area contributed by atoms with Crippen molar-refractivity contribution in [3.05, 3.63) is 0 Å². The quantitative estimate of drug-likeness (QED) is 0.467. The van der Waals surface area contributed by atoms with E-state index in [1.54, 1.807) is 28.4 Å². The Bertz CT molecular complexity index is 528. The largest absolute Gasteiger partial charge is 0.394 e. The summed E-state index contributed by atoms with van der Waals surface area (Å²) in [6, 6.07) is 0. The first-order valence-corrected chi connectivity index (χ1v) is 9.99. The Morgan fingerprint density at radius 2 is 1.30 bits per heavy atom. The summed E-state index contributed by atoms with van der Waals surface area (Å²) < 4.78 is 60.0. The molecule has 0 amide bonds. The predicted molar refractivity (Wildman–Crippen MR) is 105 cm³/mol. The van der Waals surface area contributed by atoms with E-state index < -0.39 is 55.1 Å². The van der Waals surface area contributed by atoms with Crippen LogP contribution < -0.4 is 0 Å². The van der Waals surface area contributed by atoms with Gasteiger partial charge < -0.3 is 47.7 Å². The molecule has 2 aliphatic heterocycles. The summed E-state index contributed by atoms with van der Waals surface area (Å²) in [5.74, 6) is -0.336. The first-order valence-electron chi connectivity index (χ1n) is 10.5. The predicted octanol–water partition coefficient (Wildman–Crippen LogP) is -0.155. The number of aliphatic hydroxyl groups is 1. The van der Waals surface area contributed by atoms with Gasteiger partial charge in [0.25, 0.3) is 0 Å². The second-order valence-electron chi connectivity index (χ2n) is 7.37. The SMILES string of the molecule is [2H][C@@]1(COC)O[C@H](C[C@H]2[C@H](OC)[C@@H](OC)[C@@H](OC)O[C@@H]2CO)[C@@H](OC)[C@@H](OC)[C@@H]1OC. The van der Waals surface area contributed by atoms with E-state index in [1.165, 1.54) is 21.3 Å². The summed E-state index contributed by atoms with van der Waals surface area (Å²) in [7, 11) is 10.7. The number of ether oxygens (including phenoxy) is 9. The van der Waals surface area contributed by atoms with Gasteiger partial charge in [0.05, 0.1) is 32.9 Å². The van der Waals surface area contributed by atoms with E-state index in [-0.39, 0.29) is 19.1 Å². The molecule has 0 aromatic heterocycles. The molecule has 10 heteroatoms. The molecular weight excluding hydrogens is 400 g/mol. The number of rotatable bonds is 11. The molecule has 0 aliphatic carbocycles. The second-order valence-corrected chi connectivity index (χ2v) is 7.37. The lowest BCUT2D eigenvalue weighted by atomic mass is 9.81. The van der Waals surface area contributed by atoms with Gasteiger partial charge in [0.2, 0.25) is 0 Å². The molecule has 0 saturated carbocycles. The van der Waals surface area contributed by atoms with E-state index in [1.807, 2.05) is 0 Å². The molecule has 0 spiro atoms. The zero-order chi connectivity index (χ0) is 23.2. The van der Waals surface area contributed by atoms with E-state index in [2.05, 4.69) is 0 Å². The fourth-order valence-electron chi connectivity index (χ4n) is 4.58. The molecule has 0 aromatic rings. The smallest absolute Gasteiger partial charge is 0.186 e. The van der Waals surface area contributed by atoms with Crippen LogP contribution in [0.25, 0.3) is 0 Å². The Kier molecular flexibility index (Phi) is 10.2. The van der Waals surface area contributed by atoms with Gasteiger partial charge in [-0.05, 0) is 6.42 Å². The van der Waals surface area contributed by atoms with Gasteiger partial charge in [0, 0.05) is 55.7 Å². The molecule has 10 nitrogen and oxygen atoms in total. The Morgan fingerprint density at radius 3 is 1.77 bits per heavy atom. The van der Waals surface area contributed by atoms with E-state index >= 15 is 0 Å². The van der Waals surface area contributed by atoms with Crippen LogP contribution in [0.3, 0.4) is 0 Å². The van der Waals surface area contributed by atoms with Crippen LogP contribution in [0.15, 0.2) is 0 Å². The summed E-state index contributed by atoms with van der Waals surface area (Å²) in [5.41, 5.74) is 0. The van der Waals surface area contributed by atoms with Gasteiger partial charge in [-0.15, -0.1) is 0 Å².